The first-order valence-electron chi connectivity index (χ1n) is 3.14. The van der Waals surface area contributed by atoms with Gasteiger partial charge in [-0.1, -0.05) is 11.6 Å². The molecule has 0 fully saturated rings. The summed E-state index contributed by atoms with van der Waals surface area (Å²) in [6, 6.07) is 0. The molecule has 0 rings (SSSR count). The molecule has 11 heavy (non-hydrogen) atoms. The summed E-state index contributed by atoms with van der Waals surface area (Å²) in [5.74, 6) is 0. The molecule has 0 aliphatic rings. The number of halogens is 1. The van der Waals surface area contributed by atoms with Crippen molar-refractivity contribution in [2.45, 2.75) is 13.8 Å². The van der Waals surface area contributed by atoms with Crippen LogP contribution < -0.4 is 4.72 Å². The quantitative estimate of drug-likeness (QED) is 0.542. The third-order valence-electron chi connectivity index (χ3n) is 0.957. The Morgan fingerprint density at radius 2 is 2.09 bits per heavy atom. The summed E-state index contributed by atoms with van der Waals surface area (Å²) in [5.41, 5.74) is 1.07. The molecule has 0 bridgehead atoms. The van der Waals surface area contributed by atoms with Crippen LogP contribution in [0.4, 0.5) is 0 Å². The number of hydrogen-bond acceptors (Lipinski definition) is 2. The summed E-state index contributed by atoms with van der Waals surface area (Å²) in [4.78, 5) is 0. The van der Waals surface area contributed by atoms with E-state index in [1.807, 2.05) is 13.8 Å². The summed E-state index contributed by atoms with van der Waals surface area (Å²) < 4.78 is 23.7. The van der Waals surface area contributed by atoms with Crippen LogP contribution in [0, 0.1) is 0 Å². The van der Waals surface area contributed by atoms with Crippen LogP contribution in [0.15, 0.2) is 11.6 Å². The van der Waals surface area contributed by atoms with Gasteiger partial charge in [-0.05, 0) is 13.8 Å². The van der Waals surface area contributed by atoms with Crippen LogP contribution in [0.25, 0.3) is 0 Å². The minimum Gasteiger partial charge on any atom is -0.211 e. The van der Waals surface area contributed by atoms with Gasteiger partial charge in [0.2, 0.25) is 10.0 Å². The fourth-order valence-corrected chi connectivity index (χ4v) is 1.06. The Balaban J connectivity index is 3.82. The molecule has 0 saturated carbocycles. The van der Waals surface area contributed by atoms with Crippen molar-refractivity contribution < 1.29 is 8.42 Å². The lowest BCUT2D eigenvalue weighted by Gasteiger charge is -1.98. The van der Waals surface area contributed by atoms with Gasteiger partial charge in [0.05, 0.1) is 0 Å². The van der Waals surface area contributed by atoms with E-state index in [2.05, 4.69) is 4.72 Å². The Labute approximate surface area is 72.5 Å². The summed E-state index contributed by atoms with van der Waals surface area (Å²) in [7, 11) is -3.24. The average Bonchev–Trinajstić information content (AvgIpc) is 1.87. The van der Waals surface area contributed by atoms with Crippen LogP contribution in [0.1, 0.15) is 13.8 Å². The Morgan fingerprint density at radius 1 is 1.55 bits per heavy atom. The molecule has 1 N–H and O–H groups in total. The monoisotopic (exact) mass is 197 g/mol. The number of alkyl halides is 1. The van der Waals surface area contributed by atoms with E-state index in [9.17, 15) is 8.42 Å². The predicted molar refractivity (Wildman–Crippen MR) is 47.1 cm³/mol. The highest BCUT2D eigenvalue weighted by atomic mass is 35.5. The first-order chi connectivity index (χ1) is 4.98. The molecule has 0 aliphatic carbocycles. The topological polar surface area (TPSA) is 46.2 Å². The Bertz CT molecular complexity index is 229. The molecular formula is C6H12ClNO2S. The maximum absolute atomic E-state index is 10.7. The van der Waals surface area contributed by atoms with Crippen molar-refractivity contribution in [2.75, 3.05) is 11.8 Å². The lowest BCUT2D eigenvalue weighted by atomic mass is 10.3. The maximum Gasteiger partial charge on any atom is 0.225 e. The number of hydrogen-bond donors (Lipinski definition) is 1. The fraction of sp³-hybridized carbons (Fsp3) is 0.667. The molecule has 0 amide bonds. The minimum atomic E-state index is -3.24. The van der Waals surface area contributed by atoms with Crippen LogP contribution in [-0.4, -0.2) is 20.2 Å². The molecule has 0 aliphatic heterocycles. The number of rotatable bonds is 4. The van der Waals surface area contributed by atoms with Crippen LogP contribution in [0.5, 0.6) is 0 Å². The summed E-state index contributed by atoms with van der Waals surface area (Å²) in [6.45, 7) is 4.11. The van der Waals surface area contributed by atoms with Gasteiger partial charge in [-0.2, -0.15) is 0 Å². The SMILES string of the molecule is CC(C)=CCNS(=O)(=O)CCl. The zero-order valence-corrected chi connectivity index (χ0v) is 8.17. The van der Waals surface area contributed by atoms with Crippen molar-refractivity contribution in [1.82, 2.24) is 4.72 Å². The molecule has 3 nitrogen and oxygen atoms in total. The van der Waals surface area contributed by atoms with Crippen LogP contribution in [0.3, 0.4) is 0 Å². The van der Waals surface area contributed by atoms with E-state index < -0.39 is 10.0 Å². The molecule has 0 atom stereocenters. The third kappa shape index (κ3) is 6.34. The van der Waals surface area contributed by atoms with Crippen molar-refractivity contribution in [3.63, 3.8) is 0 Å². The normalized spacial score (nSPS) is 11.2. The molecule has 0 aromatic rings. The van der Waals surface area contributed by atoms with Crippen molar-refractivity contribution in [3.05, 3.63) is 11.6 Å². The van der Waals surface area contributed by atoms with Gasteiger partial charge in [0.15, 0.2) is 0 Å². The molecule has 0 radical (unpaired) electrons. The minimum absolute atomic E-state index is 0.317. The molecule has 66 valence electrons. The highest BCUT2D eigenvalue weighted by molar-refractivity contribution is 7.90. The lowest BCUT2D eigenvalue weighted by molar-refractivity contribution is 0.590. The number of sulfonamides is 1. The van der Waals surface area contributed by atoms with Crippen molar-refractivity contribution in [3.8, 4) is 0 Å². The highest BCUT2D eigenvalue weighted by Crippen LogP contribution is 1.89. The Kier molecular flexibility index (Phi) is 4.72. The second kappa shape index (κ2) is 4.74. The van der Waals surface area contributed by atoms with Gasteiger partial charge in [0, 0.05) is 6.54 Å². The molecule has 5 heteroatoms. The van der Waals surface area contributed by atoms with E-state index in [-0.39, 0.29) is 5.21 Å². The largest absolute Gasteiger partial charge is 0.225 e. The Hall–Kier alpha value is -0.0600. The van der Waals surface area contributed by atoms with E-state index in [4.69, 9.17) is 11.6 Å². The van der Waals surface area contributed by atoms with Gasteiger partial charge in [0.1, 0.15) is 5.21 Å². The second-order valence-corrected chi connectivity index (χ2v) is 4.74. The van der Waals surface area contributed by atoms with Gasteiger partial charge in [-0.3, -0.25) is 0 Å². The number of allylic oxidation sites excluding steroid dienone is 1. The van der Waals surface area contributed by atoms with Gasteiger partial charge >= 0.3 is 0 Å². The molecule has 0 spiro atoms. The van der Waals surface area contributed by atoms with E-state index in [1.54, 1.807) is 6.08 Å². The molecule has 0 unspecified atom stereocenters. The summed E-state index contributed by atoms with van der Waals surface area (Å²) in [6.07, 6.45) is 1.78. The van der Waals surface area contributed by atoms with E-state index in [0.717, 1.165) is 5.57 Å². The molecule has 0 aromatic carbocycles. The van der Waals surface area contributed by atoms with Crippen LogP contribution in [0.2, 0.25) is 0 Å². The molecule has 0 aromatic heterocycles. The van der Waals surface area contributed by atoms with Gasteiger partial charge in [-0.25, -0.2) is 13.1 Å². The van der Waals surface area contributed by atoms with Crippen molar-refractivity contribution in [2.24, 2.45) is 0 Å². The average molecular weight is 198 g/mol. The van der Waals surface area contributed by atoms with E-state index in [0.29, 0.717) is 6.54 Å². The first kappa shape index (κ1) is 10.9. The lowest BCUT2D eigenvalue weighted by Crippen LogP contribution is -2.24. The summed E-state index contributed by atoms with van der Waals surface area (Å²) in [5, 5.41) is -0.385. The predicted octanol–water partition coefficient (Wildman–Crippen LogP) is 1.07. The fourth-order valence-electron chi connectivity index (χ4n) is 0.411. The molecule has 0 heterocycles. The van der Waals surface area contributed by atoms with Gasteiger partial charge in [0.25, 0.3) is 0 Å². The van der Waals surface area contributed by atoms with Crippen molar-refractivity contribution >= 4 is 21.6 Å². The van der Waals surface area contributed by atoms with Crippen LogP contribution in [-0.2, 0) is 10.0 Å². The van der Waals surface area contributed by atoms with E-state index >= 15 is 0 Å². The first-order valence-corrected chi connectivity index (χ1v) is 5.33. The van der Waals surface area contributed by atoms with Crippen molar-refractivity contribution in [1.29, 1.82) is 0 Å². The van der Waals surface area contributed by atoms with Crippen LogP contribution >= 0.6 is 11.6 Å². The number of nitrogens with one attached hydrogen (secondary N) is 1. The molecular weight excluding hydrogens is 186 g/mol. The second-order valence-electron chi connectivity index (χ2n) is 2.35. The van der Waals surface area contributed by atoms with Gasteiger partial charge in [-0.15, -0.1) is 11.6 Å². The van der Waals surface area contributed by atoms with E-state index in [1.165, 1.54) is 0 Å². The zero-order chi connectivity index (χ0) is 8.91. The summed E-state index contributed by atoms with van der Waals surface area (Å²) >= 11 is 5.14. The maximum atomic E-state index is 10.7. The van der Waals surface area contributed by atoms with Gasteiger partial charge < -0.3 is 0 Å². The highest BCUT2D eigenvalue weighted by Gasteiger charge is 2.03. The standard InChI is InChI=1S/C6H12ClNO2S/c1-6(2)3-4-8-11(9,10)5-7/h3,8H,4-5H2,1-2H3. The Morgan fingerprint density at radius 3 is 2.45 bits per heavy atom. The third-order valence-corrected chi connectivity index (χ3v) is 2.71. The smallest absolute Gasteiger partial charge is 0.211 e. The molecule has 0 saturated heterocycles. The zero-order valence-electron chi connectivity index (χ0n) is 6.59.